The summed E-state index contributed by atoms with van der Waals surface area (Å²) in [5, 5.41) is 4.31. The minimum absolute atomic E-state index is 0.103. The van der Waals surface area contributed by atoms with Crippen LogP contribution in [0.1, 0.15) is 18.1 Å². The molecular weight excluding hydrogens is 424 g/mol. The van der Waals surface area contributed by atoms with Gasteiger partial charge in [0.05, 0.1) is 11.4 Å². The molecule has 1 aliphatic rings. The number of hydrogen-bond donors (Lipinski definition) is 1. The number of ether oxygens (including phenoxy) is 1. The van der Waals surface area contributed by atoms with E-state index >= 15 is 0 Å². The fourth-order valence-electron chi connectivity index (χ4n) is 3.84. The first-order valence-corrected chi connectivity index (χ1v) is 11.2. The van der Waals surface area contributed by atoms with E-state index in [2.05, 4.69) is 27.1 Å². The number of anilines is 2. The second kappa shape index (κ2) is 9.24. The van der Waals surface area contributed by atoms with Gasteiger partial charge < -0.3 is 15.0 Å². The standard InChI is InChI=1S/C28H24N4O2/c1-19-14-23(11-13-27(19)34-24-6-4-3-5-7-24)31-28-25-15-21(10-12-26(25)29-18-30-28)8-9-22-16-32(17-22)20(2)33/h3-7,10-15,18,22H,16-17H2,1-2H3,(H,29,30,31). The molecule has 5 rings (SSSR count). The summed E-state index contributed by atoms with van der Waals surface area (Å²) in [6.45, 7) is 5.01. The van der Waals surface area contributed by atoms with Crippen LogP contribution in [0.5, 0.6) is 11.5 Å². The first-order chi connectivity index (χ1) is 16.5. The Morgan fingerprint density at radius 2 is 1.88 bits per heavy atom. The summed E-state index contributed by atoms with van der Waals surface area (Å²) in [5.41, 5.74) is 3.66. The summed E-state index contributed by atoms with van der Waals surface area (Å²) in [4.78, 5) is 22.0. The van der Waals surface area contributed by atoms with E-state index in [1.807, 2.05) is 73.7 Å². The lowest BCUT2D eigenvalue weighted by molar-refractivity contribution is -0.133. The molecule has 1 saturated heterocycles. The summed E-state index contributed by atoms with van der Waals surface area (Å²) >= 11 is 0. The average Bonchev–Trinajstić information content (AvgIpc) is 2.80. The smallest absolute Gasteiger partial charge is 0.219 e. The van der Waals surface area contributed by atoms with Crippen molar-refractivity contribution in [1.29, 1.82) is 0 Å². The van der Waals surface area contributed by atoms with Crippen LogP contribution in [0, 0.1) is 24.7 Å². The maximum atomic E-state index is 11.4. The van der Waals surface area contributed by atoms with E-state index < -0.39 is 0 Å². The van der Waals surface area contributed by atoms with Crippen LogP contribution in [0.25, 0.3) is 10.9 Å². The highest BCUT2D eigenvalue weighted by molar-refractivity contribution is 5.91. The van der Waals surface area contributed by atoms with Crippen LogP contribution in [0.15, 0.2) is 73.1 Å². The molecule has 2 heterocycles. The van der Waals surface area contributed by atoms with Gasteiger partial charge in [0.25, 0.3) is 0 Å². The van der Waals surface area contributed by atoms with E-state index in [9.17, 15) is 4.79 Å². The summed E-state index contributed by atoms with van der Waals surface area (Å²) in [6.07, 6.45) is 1.56. The van der Waals surface area contributed by atoms with Crippen LogP contribution in [0.3, 0.4) is 0 Å². The number of rotatable bonds is 4. The van der Waals surface area contributed by atoms with E-state index in [0.29, 0.717) is 13.1 Å². The van der Waals surface area contributed by atoms with Crippen LogP contribution in [-0.2, 0) is 4.79 Å². The number of nitrogens with zero attached hydrogens (tertiary/aromatic N) is 3. The van der Waals surface area contributed by atoms with Gasteiger partial charge in [-0.3, -0.25) is 4.79 Å². The summed E-state index contributed by atoms with van der Waals surface area (Å²) in [5.74, 6) is 9.17. The molecule has 168 valence electrons. The Hall–Kier alpha value is -4.37. The van der Waals surface area contributed by atoms with Gasteiger partial charge in [0.1, 0.15) is 23.6 Å². The fourth-order valence-corrected chi connectivity index (χ4v) is 3.84. The van der Waals surface area contributed by atoms with Crippen molar-refractivity contribution < 1.29 is 9.53 Å². The van der Waals surface area contributed by atoms with Gasteiger partial charge >= 0.3 is 0 Å². The molecule has 34 heavy (non-hydrogen) atoms. The van der Waals surface area contributed by atoms with Crippen molar-refractivity contribution in [3.05, 3.63) is 84.2 Å². The molecule has 0 bridgehead atoms. The molecule has 6 nitrogen and oxygen atoms in total. The van der Waals surface area contributed by atoms with Gasteiger partial charge in [-0.05, 0) is 61.0 Å². The summed E-state index contributed by atoms with van der Waals surface area (Å²) < 4.78 is 5.99. The number of aryl methyl sites for hydroxylation is 1. The fraction of sp³-hybridized carbons (Fsp3) is 0.179. The van der Waals surface area contributed by atoms with Gasteiger partial charge in [-0.2, -0.15) is 0 Å². The van der Waals surface area contributed by atoms with E-state index in [0.717, 1.165) is 45.0 Å². The molecule has 1 aliphatic heterocycles. The lowest BCUT2D eigenvalue weighted by Crippen LogP contribution is -2.48. The third-order valence-corrected chi connectivity index (χ3v) is 5.79. The number of amides is 1. The van der Waals surface area contributed by atoms with Crippen molar-refractivity contribution in [3.63, 3.8) is 0 Å². The van der Waals surface area contributed by atoms with Crippen molar-refractivity contribution >= 4 is 28.3 Å². The van der Waals surface area contributed by atoms with E-state index in [4.69, 9.17) is 4.74 Å². The number of likely N-dealkylation sites (tertiary alicyclic amines) is 1. The molecule has 0 unspecified atom stereocenters. The number of hydrogen-bond acceptors (Lipinski definition) is 5. The average molecular weight is 449 g/mol. The maximum Gasteiger partial charge on any atom is 0.219 e. The Kier molecular flexibility index (Phi) is 5.84. The monoisotopic (exact) mass is 448 g/mol. The van der Waals surface area contributed by atoms with Crippen LogP contribution in [0.2, 0.25) is 0 Å². The Morgan fingerprint density at radius 3 is 2.65 bits per heavy atom. The van der Waals surface area contributed by atoms with Crippen molar-refractivity contribution in [2.75, 3.05) is 18.4 Å². The van der Waals surface area contributed by atoms with Gasteiger partial charge in [-0.25, -0.2) is 9.97 Å². The maximum absolute atomic E-state index is 11.4. The molecule has 0 atom stereocenters. The summed E-state index contributed by atoms with van der Waals surface area (Å²) in [6, 6.07) is 21.6. The van der Waals surface area contributed by atoms with Gasteiger partial charge in [-0.15, -0.1) is 0 Å². The highest BCUT2D eigenvalue weighted by Crippen LogP contribution is 2.30. The Balaban J connectivity index is 1.35. The highest BCUT2D eigenvalue weighted by Gasteiger charge is 2.26. The Bertz CT molecular complexity index is 1420. The number of carbonyl (C=O) groups is 1. The predicted octanol–water partition coefficient (Wildman–Crippen LogP) is 5.30. The summed E-state index contributed by atoms with van der Waals surface area (Å²) in [7, 11) is 0. The van der Waals surface area contributed by atoms with Crippen LogP contribution >= 0.6 is 0 Å². The number of carbonyl (C=O) groups excluding carboxylic acids is 1. The first kappa shape index (κ1) is 21.5. The van der Waals surface area contributed by atoms with Crippen LogP contribution < -0.4 is 10.1 Å². The molecule has 1 N–H and O–H groups in total. The lowest BCUT2D eigenvalue weighted by Gasteiger charge is -2.35. The molecule has 1 amide bonds. The van der Waals surface area contributed by atoms with Crippen LogP contribution in [0.4, 0.5) is 11.5 Å². The number of fused-ring (bicyclic) bond motifs is 1. The number of para-hydroxylation sites is 1. The van der Waals surface area contributed by atoms with Crippen molar-refractivity contribution in [3.8, 4) is 23.3 Å². The molecule has 3 aromatic carbocycles. The largest absolute Gasteiger partial charge is 0.457 e. The Morgan fingerprint density at radius 1 is 1.06 bits per heavy atom. The molecule has 0 saturated carbocycles. The normalized spacial score (nSPS) is 13.1. The quantitative estimate of drug-likeness (QED) is 0.429. The van der Waals surface area contributed by atoms with E-state index in [-0.39, 0.29) is 11.8 Å². The highest BCUT2D eigenvalue weighted by atomic mass is 16.5. The second-order valence-corrected chi connectivity index (χ2v) is 8.36. The number of aromatic nitrogens is 2. The van der Waals surface area contributed by atoms with E-state index in [1.165, 1.54) is 0 Å². The molecule has 0 aliphatic carbocycles. The molecule has 1 fully saturated rings. The van der Waals surface area contributed by atoms with Crippen LogP contribution in [-0.4, -0.2) is 33.9 Å². The van der Waals surface area contributed by atoms with Gasteiger partial charge in [-0.1, -0.05) is 30.0 Å². The topological polar surface area (TPSA) is 67.4 Å². The van der Waals surface area contributed by atoms with Crippen molar-refractivity contribution in [2.45, 2.75) is 13.8 Å². The van der Waals surface area contributed by atoms with Gasteiger partial charge in [0.15, 0.2) is 0 Å². The SMILES string of the molecule is CC(=O)N1CC(C#Cc2ccc3ncnc(Nc4ccc(Oc5ccccc5)c(C)c4)c3c2)C1. The third-order valence-electron chi connectivity index (χ3n) is 5.79. The predicted molar refractivity (Wildman–Crippen MR) is 133 cm³/mol. The first-order valence-electron chi connectivity index (χ1n) is 11.2. The van der Waals surface area contributed by atoms with E-state index in [1.54, 1.807) is 18.2 Å². The van der Waals surface area contributed by atoms with Gasteiger partial charge in [0.2, 0.25) is 5.91 Å². The molecule has 1 aromatic heterocycles. The van der Waals surface area contributed by atoms with Crippen molar-refractivity contribution in [2.24, 2.45) is 5.92 Å². The molecule has 4 aromatic rings. The Labute approximate surface area is 198 Å². The van der Waals surface area contributed by atoms with Crippen molar-refractivity contribution in [1.82, 2.24) is 14.9 Å². The second-order valence-electron chi connectivity index (χ2n) is 8.36. The number of benzene rings is 3. The zero-order valence-corrected chi connectivity index (χ0v) is 19.1. The minimum Gasteiger partial charge on any atom is -0.457 e. The van der Waals surface area contributed by atoms with Gasteiger partial charge in [0, 0.05) is 36.7 Å². The molecule has 6 heteroatoms. The molecule has 0 spiro atoms. The molecule has 0 radical (unpaired) electrons. The zero-order chi connectivity index (χ0) is 23.5. The minimum atomic E-state index is 0.103. The third kappa shape index (κ3) is 4.69. The zero-order valence-electron chi connectivity index (χ0n) is 19.1. The lowest BCUT2D eigenvalue weighted by atomic mass is 10.0. The number of nitrogens with one attached hydrogen (secondary N) is 1. The molecular formula is C28H24N4O2.